The summed E-state index contributed by atoms with van der Waals surface area (Å²) in [5.41, 5.74) is 8.93. The van der Waals surface area contributed by atoms with Gasteiger partial charge in [0.2, 0.25) is 0 Å². The zero-order chi connectivity index (χ0) is 29.5. The molecule has 0 fully saturated rings. The summed E-state index contributed by atoms with van der Waals surface area (Å²) in [6, 6.07) is 39.7. The predicted molar refractivity (Wildman–Crippen MR) is 187 cm³/mol. The maximum absolute atomic E-state index is 6.38. The molecule has 2 aromatic heterocycles. The maximum Gasteiger partial charge on any atom is 0.136 e. The highest BCUT2D eigenvalue weighted by atomic mass is 16.3. The Labute approximate surface area is 255 Å². The molecule has 0 bridgehead atoms. The summed E-state index contributed by atoms with van der Waals surface area (Å²) in [6.07, 6.45) is 4.29. The van der Waals surface area contributed by atoms with Crippen molar-refractivity contribution in [2.45, 2.75) is 26.7 Å². The molecule has 0 amide bonds. The van der Waals surface area contributed by atoms with Gasteiger partial charge >= 0.3 is 0 Å². The van der Waals surface area contributed by atoms with Crippen molar-refractivity contribution in [3.05, 3.63) is 127 Å². The van der Waals surface area contributed by atoms with Crippen molar-refractivity contribution in [3.8, 4) is 22.3 Å². The van der Waals surface area contributed by atoms with Crippen LogP contribution in [0, 0.1) is 0 Å². The first-order valence-corrected chi connectivity index (χ1v) is 15.4. The fourth-order valence-electron chi connectivity index (χ4n) is 7.47. The van der Waals surface area contributed by atoms with Crippen LogP contribution in [-0.2, 0) is 0 Å². The van der Waals surface area contributed by atoms with Crippen LogP contribution in [0.3, 0.4) is 0 Å². The van der Waals surface area contributed by atoms with Gasteiger partial charge < -0.3 is 8.83 Å². The second-order valence-electron chi connectivity index (χ2n) is 12.1. The Morgan fingerprint density at radius 3 is 1.86 bits per heavy atom. The van der Waals surface area contributed by atoms with E-state index in [1.807, 2.05) is 0 Å². The second kappa shape index (κ2) is 9.33. The number of fused-ring (bicyclic) bond motifs is 3. The van der Waals surface area contributed by atoms with E-state index in [9.17, 15) is 0 Å². The van der Waals surface area contributed by atoms with Crippen molar-refractivity contribution in [2.24, 2.45) is 0 Å². The molecule has 2 nitrogen and oxygen atoms in total. The molecule has 7 aromatic carbocycles. The summed E-state index contributed by atoms with van der Waals surface area (Å²) in [4.78, 5) is 0. The zero-order valence-corrected chi connectivity index (χ0v) is 24.9. The molecule has 0 spiro atoms. The van der Waals surface area contributed by atoms with Crippen LogP contribution in [0.2, 0.25) is 0 Å². The van der Waals surface area contributed by atoms with Crippen molar-refractivity contribution in [1.82, 2.24) is 0 Å². The van der Waals surface area contributed by atoms with Gasteiger partial charge in [0.05, 0.1) is 0 Å². The molecule has 0 aliphatic heterocycles. The van der Waals surface area contributed by atoms with E-state index >= 15 is 0 Å². The molecule has 9 rings (SSSR count). The Hall–Kier alpha value is -5.34. The molecule has 44 heavy (non-hydrogen) atoms. The van der Waals surface area contributed by atoms with Crippen LogP contribution in [0.15, 0.2) is 124 Å². The minimum atomic E-state index is 0.299. The van der Waals surface area contributed by atoms with E-state index < -0.39 is 0 Å². The van der Waals surface area contributed by atoms with E-state index in [1.54, 1.807) is 0 Å². The highest BCUT2D eigenvalue weighted by Gasteiger charge is 2.22. The molecule has 0 radical (unpaired) electrons. The van der Waals surface area contributed by atoms with Gasteiger partial charge in [-0.05, 0) is 91.8 Å². The highest BCUT2D eigenvalue weighted by Crippen LogP contribution is 2.49. The molecule has 0 aliphatic carbocycles. The molecular formula is C42H30O2. The van der Waals surface area contributed by atoms with Crippen LogP contribution >= 0.6 is 0 Å². The van der Waals surface area contributed by atoms with E-state index in [4.69, 9.17) is 8.83 Å². The predicted octanol–water partition coefficient (Wildman–Crippen LogP) is 12.7. The first-order valence-electron chi connectivity index (χ1n) is 15.4. The van der Waals surface area contributed by atoms with Gasteiger partial charge in [-0.1, -0.05) is 105 Å². The molecule has 0 atom stereocenters. The largest absolute Gasteiger partial charge is 0.460 e. The molecule has 0 saturated heterocycles. The number of furan rings is 2. The number of hydrogen-bond donors (Lipinski definition) is 0. The number of rotatable bonds is 4. The summed E-state index contributed by atoms with van der Waals surface area (Å²) in [5, 5.41) is 11.0. The van der Waals surface area contributed by atoms with Crippen LogP contribution in [0.1, 0.15) is 38.0 Å². The highest BCUT2D eigenvalue weighted by molar-refractivity contribution is 6.29. The van der Waals surface area contributed by atoms with Gasteiger partial charge in [0.1, 0.15) is 22.5 Å². The minimum Gasteiger partial charge on any atom is -0.460 e. The van der Waals surface area contributed by atoms with Gasteiger partial charge in [-0.25, -0.2) is 0 Å². The third kappa shape index (κ3) is 3.43. The quantitative estimate of drug-likeness (QED) is 0.156. The third-order valence-electron chi connectivity index (χ3n) is 9.25. The van der Waals surface area contributed by atoms with Crippen LogP contribution < -0.4 is 0 Å². The molecule has 0 N–H and O–H groups in total. The summed E-state index contributed by atoms with van der Waals surface area (Å²) < 4.78 is 12.7. The normalized spacial score (nSPS) is 12.5. The van der Waals surface area contributed by atoms with Gasteiger partial charge in [-0.15, -0.1) is 0 Å². The first kappa shape index (κ1) is 25.2. The lowest BCUT2D eigenvalue weighted by molar-refractivity contribution is 0.520. The molecule has 2 heteroatoms. The smallest absolute Gasteiger partial charge is 0.136 e. The second-order valence-corrected chi connectivity index (χ2v) is 12.1. The maximum atomic E-state index is 6.38. The summed E-state index contributed by atoms with van der Waals surface area (Å²) in [6.45, 7) is 6.46. The van der Waals surface area contributed by atoms with Crippen LogP contribution in [-0.4, -0.2) is 0 Å². The van der Waals surface area contributed by atoms with Crippen molar-refractivity contribution >= 4 is 71.3 Å². The van der Waals surface area contributed by atoms with E-state index in [0.29, 0.717) is 5.92 Å². The van der Waals surface area contributed by atoms with E-state index in [2.05, 4.69) is 142 Å². The Balaban J connectivity index is 1.41. The number of benzene rings is 7. The lowest BCUT2D eigenvalue weighted by Gasteiger charge is -2.19. The van der Waals surface area contributed by atoms with Gasteiger partial charge in [0.15, 0.2) is 0 Å². The fourth-order valence-corrected chi connectivity index (χ4v) is 7.47. The lowest BCUT2D eigenvalue weighted by Crippen LogP contribution is -1.92. The number of allylic oxidation sites excluding steroid dienone is 1. The van der Waals surface area contributed by atoms with Crippen LogP contribution in [0.5, 0.6) is 0 Å². The molecule has 0 unspecified atom stereocenters. The van der Waals surface area contributed by atoms with Crippen molar-refractivity contribution < 1.29 is 8.83 Å². The van der Waals surface area contributed by atoms with Gasteiger partial charge in [-0.2, -0.15) is 0 Å². The molecule has 0 saturated carbocycles. The Morgan fingerprint density at radius 1 is 0.545 bits per heavy atom. The zero-order valence-electron chi connectivity index (χ0n) is 24.9. The minimum absolute atomic E-state index is 0.299. The number of hydrogen-bond acceptors (Lipinski definition) is 2. The van der Waals surface area contributed by atoms with Gasteiger partial charge in [-0.3, -0.25) is 0 Å². The van der Waals surface area contributed by atoms with E-state index in [0.717, 1.165) is 27.9 Å². The Kier molecular flexibility index (Phi) is 5.34. The van der Waals surface area contributed by atoms with Crippen LogP contribution in [0.4, 0.5) is 0 Å². The first-order chi connectivity index (χ1) is 21.6. The lowest BCUT2D eigenvalue weighted by atomic mass is 9.83. The summed E-state index contributed by atoms with van der Waals surface area (Å²) in [7, 11) is 0. The monoisotopic (exact) mass is 566 g/mol. The van der Waals surface area contributed by atoms with Crippen LogP contribution in [0.25, 0.3) is 93.6 Å². The van der Waals surface area contributed by atoms with Gasteiger partial charge in [0.25, 0.3) is 0 Å². The molecular weight excluding hydrogens is 536 g/mol. The van der Waals surface area contributed by atoms with Crippen molar-refractivity contribution in [1.29, 1.82) is 0 Å². The van der Waals surface area contributed by atoms with Crippen molar-refractivity contribution in [2.75, 3.05) is 0 Å². The average Bonchev–Trinajstić information content (AvgIpc) is 3.62. The third-order valence-corrected chi connectivity index (χ3v) is 9.25. The molecule has 9 aromatic rings. The molecule has 0 aliphatic rings. The van der Waals surface area contributed by atoms with Gasteiger partial charge in [0, 0.05) is 27.6 Å². The molecule has 2 heterocycles. The Morgan fingerprint density at radius 2 is 1.18 bits per heavy atom. The fraction of sp³-hybridized carbons (Fsp3) is 0.0952. The summed E-state index contributed by atoms with van der Waals surface area (Å²) in [5.74, 6) is 1.33. The SMILES string of the molecule is C/C=C\c1c(C(C)C)oc2ccc(-c3c4ccccc4c(-c4cc5cccc6oc7cccc4c7c56)c4ccccc34)cc12. The Bertz CT molecular complexity index is 2530. The average molecular weight is 567 g/mol. The molecule has 210 valence electrons. The van der Waals surface area contributed by atoms with E-state index in [-0.39, 0.29) is 0 Å². The van der Waals surface area contributed by atoms with E-state index in [1.165, 1.54) is 70.9 Å². The van der Waals surface area contributed by atoms with Crippen molar-refractivity contribution in [3.63, 3.8) is 0 Å². The standard InChI is InChI=1S/C42H30O2/c1-4-11-32-33-22-26(20-21-35(33)44-42(32)24(2)3)38-27-13-5-7-15-29(27)40(30-16-8-6-14-28(30)38)34-23-25-12-9-18-36-39(25)41-31(34)17-10-19-37(41)43-36/h4-24H,1-3H3/b11-4-. The summed E-state index contributed by atoms with van der Waals surface area (Å²) >= 11 is 0. The topological polar surface area (TPSA) is 26.3 Å².